The number of rotatable bonds is 3. The molecular weight excluding hydrogens is 390 g/mol. The summed E-state index contributed by atoms with van der Waals surface area (Å²) in [7, 11) is 1.41. The average Bonchev–Trinajstić information content (AvgIpc) is 2.70. The highest BCUT2D eigenvalue weighted by atomic mass is 79.9. The van der Waals surface area contributed by atoms with Crippen molar-refractivity contribution >= 4 is 37.8 Å². The molecule has 1 fully saturated rings. The Morgan fingerprint density at radius 3 is 2.95 bits per heavy atom. The molecule has 0 radical (unpaired) electrons. The highest BCUT2D eigenvalue weighted by Crippen LogP contribution is 2.29. The van der Waals surface area contributed by atoms with E-state index in [2.05, 4.69) is 47.1 Å². The molecule has 0 aromatic carbocycles. The zero-order valence-corrected chi connectivity index (χ0v) is 14.4. The Morgan fingerprint density at radius 1 is 1.45 bits per heavy atom. The number of pyridine rings is 1. The van der Waals surface area contributed by atoms with Crippen molar-refractivity contribution in [2.45, 2.75) is 12.5 Å². The molecule has 1 unspecified atom stereocenters. The lowest BCUT2D eigenvalue weighted by Gasteiger charge is -2.28. The fourth-order valence-electron chi connectivity index (χ4n) is 2.30. The van der Waals surface area contributed by atoms with Crippen LogP contribution in [-0.2, 0) is 9.53 Å². The molecular formula is C13H17Br2N3O2. The predicted octanol–water partition coefficient (Wildman–Crippen LogP) is 2.12. The molecule has 0 amide bonds. The summed E-state index contributed by atoms with van der Waals surface area (Å²) in [6, 6.07) is 1.43. The van der Waals surface area contributed by atoms with Gasteiger partial charge in [0.15, 0.2) is 6.04 Å². The second kappa shape index (κ2) is 7.49. The molecule has 1 aromatic heterocycles. The molecule has 2 heterocycles. The summed E-state index contributed by atoms with van der Waals surface area (Å²) in [4.78, 5) is 18.7. The molecule has 1 atom stereocenters. The molecule has 0 spiro atoms. The normalized spacial score (nSPS) is 18.4. The monoisotopic (exact) mass is 405 g/mol. The number of esters is 1. The quantitative estimate of drug-likeness (QED) is 0.779. The molecule has 1 aliphatic heterocycles. The number of aromatic nitrogens is 1. The average molecular weight is 407 g/mol. The van der Waals surface area contributed by atoms with Gasteiger partial charge in [-0.25, -0.2) is 4.79 Å². The number of hydrogen-bond acceptors (Lipinski definition) is 5. The van der Waals surface area contributed by atoms with Gasteiger partial charge in [-0.1, -0.05) is 0 Å². The van der Waals surface area contributed by atoms with E-state index in [1.54, 1.807) is 6.20 Å². The van der Waals surface area contributed by atoms with Crippen molar-refractivity contribution in [2.75, 3.05) is 33.3 Å². The molecule has 1 saturated heterocycles. The Labute approximate surface area is 135 Å². The van der Waals surface area contributed by atoms with Gasteiger partial charge in [0.05, 0.1) is 12.8 Å². The van der Waals surface area contributed by atoms with Crippen LogP contribution >= 0.6 is 31.9 Å². The van der Waals surface area contributed by atoms with Crippen molar-refractivity contribution in [3.8, 4) is 0 Å². The van der Waals surface area contributed by atoms with Crippen LogP contribution in [-0.4, -0.2) is 49.1 Å². The van der Waals surface area contributed by atoms with Gasteiger partial charge in [-0.15, -0.1) is 0 Å². The summed E-state index contributed by atoms with van der Waals surface area (Å²) in [6.45, 7) is 3.47. The molecule has 110 valence electrons. The van der Waals surface area contributed by atoms with Gasteiger partial charge >= 0.3 is 5.97 Å². The van der Waals surface area contributed by atoms with Crippen LogP contribution in [0.2, 0.25) is 0 Å². The molecule has 0 saturated carbocycles. The third-order valence-corrected chi connectivity index (χ3v) is 4.33. The van der Waals surface area contributed by atoms with Gasteiger partial charge in [0.2, 0.25) is 0 Å². The zero-order chi connectivity index (χ0) is 14.5. The molecule has 1 aliphatic rings. The van der Waals surface area contributed by atoms with E-state index in [4.69, 9.17) is 4.74 Å². The third kappa shape index (κ3) is 3.78. The summed E-state index contributed by atoms with van der Waals surface area (Å²) in [6.07, 6.45) is 2.70. The summed E-state index contributed by atoms with van der Waals surface area (Å²) < 4.78 is 6.65. The van der Waals surface area contributed by atoms with Crippen LogP contribution < -0.4 is 5.32 Å². The van der Waals surface area contributed by atoms with E-state index >= 15 is 0 Å². The van der Waals surface area contributed by atoms with Crippen molar-refractivity contribution in [1.82, 2.24) is 15.2 Å². The van der Waals surface area contributed by atoms with Crippen molar-refractivity contribution in [3.05, 3.63) is 26.9 Å². The van der Waals surface area contributed by atoms with Crippen LogP contribution in [0, 0.1) is 0 Å². The molecule has 1 aromatic rings. The number of methoxy groups -OCH3 is 1. The van der Waals surface area contributed by atoms with Crippen molar-refractivity contribution in [1.29, 1.82) is 0 Å². The Kier molecular flexibility index (Phi) is 5.95. The molecule has 7 heteroatoms. The summed E-state index contributed by atoms with van der Waals surface area (Å²) in [5, 5.41) is 3.33. The minimum atomic E-state index is -0.470. The van der Waals surface area contributed by atoms with Gasteiger partial charge in [-0.2, -0.15) is 0 Å². The number of nitrogens with zero attached hydrogens (tertiary/aromatic N) is 2. The highest BCUT2D eigenvalue weighted by Gasteiger charge is 2.31. The second-order valence-corrected chi connectivity index (χ2v) is 6.36. The van der Waals surface area contributed by atoms with Crippen LogP contribution in [0.1, 0.15) is 18.2 Å². The first-order valence-electron chi connectivity index (χ1n) is 6.47. The van der Waals surface area contributed by atoms with Crippen LogP contribution in [0.15, 0.2) is 21.2 Å². The minimum absolute atomic E-state index is 0.276. The molecule has 2 rings (SSSR count). The standard InChI is InChI=1S/C13H17Br2N3O2/c1-20-13(19)12(18-5-2-3-16-4-6-18)11-10(15)7-9(14)8-17-11/h7-8,12,16H,2-6H2,1H3. The molecule has 20 heavy (non-hydrogen) atoms. The number of halogens is 2. The lowest BCUT2D eigenvalue weighted by Crippen LogP contribution is -2.38. The minimum Gasteiger partial charge on any atom is -0.468 e. The zero-order valence-electron chi connectivity index (χ0n) is 11.2. The smallest absolute Gasteiger partial charge is 0.329 e. The number of nitrogens with one attached hydrogen (secondary N) is 1. The van der Waals surface area contributed by atoms with E-state index in [0.29, 0.717) is 5.69 Å². The van der Waals surface area contributed by atoms with Crippen molar-refractivity contribution in [2.24, 2.45) is 0 Å². The molecule has 0 aliphatic carbocycles. The summed E-state index contributed by atoms with van der Waals surface area (Å²) >= 11 is 6.86. The van der Waals surface area contributed by atoms with Gasteiger partial charge in [0.1, 0.15) is 0 Å². The molecule has 1 N–H and O–H groups in total. The van der Waals surface area contributed by atoms with Crippen molar-refractivity contribution < 1.29 is 9.53 Å². The van der Waals surface area contributed by atoms with E-state index < -0.39 is 6.04 Å². The third-order valence-electron chi connectivity index (χ3n) is 3.26. The predicted molar refractivity (Wildman–Crippen MR) is 83.5 cm³/mol. The largest absolute Gasteiger partial charge is 0.468 e. The molecule has 5 nitrogen and oxygen atoms in total. The van der Waals surface area contributed by atoms with E-state index in [1.807, 2.05) is 6.07 Å². The Balaban J connectivity index is 2.33. The fourth-order valence-corrected chi connectivity index (χ4v) is 3.50. The number of carbonyl (C=O) groups excluding carboxylic acids is 1. The first kappa shape index (κ1) is 15.9. The van der Waals surface area contributed by atoms with Gasteiger partial charge in [-0.3, -0.25) is 9.88 Å². The first-order chi connectivity index (χ1) is 9.63. The lowest BCUT2D eigenvalue weighted by atomic mass is 10.1. The number of hydrogen-bond donors (Lipinski definition) is 1. The van der Waals surface area contributed by atoms with Gasteiger partial charge in [0.25, 0.3) is 0 Å². The van der Waals surface area contributed by atoms with Gasteiger partial charge < -0.3 is 10.1 Å². The Morgan fingerprint density at radius 2 is 2.25 bits per heavy atom. The number of ether oxygens (including phenoxy) is 1. The van der Waals surface area contributed by atoms with Gasteiger partial charge in [-0.05, 0) is 50.9 Å². The fraction of sp³-hybridized carbons (Fsp3) is 0.538. The maximum Gasteiger partial charge on any atom is 0.329 e. The van der Waals surface area contributed by atoms with E-state index in [1.165, 1.54) is 7.11 Å². The first-order valence-corrected chi connectivity index (χ1v) is 8.05. The summed E-state index contributed by atoms with van der Waals surface area (Å²) in [5.74, 6) is -0.276. The van der Waals surface area contributed by atoms with Gasteiger partial charge in [0, 0.05) is 34.8 Å². The highest BCUT2D eigenvalue weighted by molar-refractivity contribution is 9.11. The van der Waals surface area contributed by atoms with Crippen molar-refractivity contribution in [3.63, 3.8) is 0 Å². The Hall–Kier alpha value is -0.500. The number of carbonyl (C=O) groups is 1. The molecule has 0 bridgehead atoms. The topological polar surface area (TPSA) is 54.5 Å². The van der Waals surface area contributed by atoms with Crippen LogP contribution in [0.5, 0.6) is 0 Å². The van der Waals surface area contributed by atoms with Crippen LogP contribution in [0.4, 0.5) is 0 Å². The van der Waals surface area contributed by atoms with E-state index in [9.17, 15) is 4.79 Å². The summed E-state index contributed by atoms with van der Waals surface area (Å²) in [5.41, 5.74) is 0.696. The second-order valence-electron chi connectivity index (χ2n) is 4.59. The Bertz CT molecular complexity index is 477. The van der Waals surface area contributed by atoms with E-state index in [-0.39, 0.29) is 5.97 Å². The maximum absolute atomic E-state index is 12.2. The SMILES string of the molecule is COC(=O)C(c1ncc(Br)cc1Br)N1CCCNCC1. The van der Waals surface area contributed by atoms with Crippen LogP contribution in [0.3, 0.4) is 0 Å². The van der Waals surface area contributed by atoms with E-state index in [0.717, 1.165) is 41.5 Å². The lowest BCUT2D eigenvalue weighted by molar-refractivity contribution is -0.147. The maximum atomic E-state index is 12.2. The van der Waals surface area contributed by atoms with Crippen LogP contribution in [0.25, 0.3) is 0 Å².